The molecule has 90 valence electrons. The molecule has 1 aromatic carbocycles. The van der Waals surface area contributed by atoms with Crippen LogP contribution in [-0.2, 0) is 6.42 Å². The minimum Gasteiger partial charge on any atom is -0.0984 e. The first kappa shape index (κ1) is 17.1. The van der Waals surface area contributed by atoms with Gasteiger partial charge in [-0.05, 0) is 23.1 Å². The van der Waals surface area contributed by atoms with Gasteiger partial charge in [-0.1, -0.05) is 78.1 Å². The summed E-state index contributed by atoms with van der Waals surface area (Å²) in [6.07, 6.45) is 4.80. The van der Waals surface area contributed by atoms with Crippen molar-refractivity contribution >= 4 is 12.2 Å². The first-order valence-corrected chi connectivity index (χ1v) is 6.19. The maximum Gasteiger partial charge on any atom is -0.0187 e. The average Bonchev–Trinajstić information content (AvgIpc) is 2.42. The van der Waals surface area contributed by atoms with E-state index in [1.165, 1.54) is 11.1 Å². The molecule has 0 amide bonds. The van der Waals surface area contributed by atoms with Crippen molar-refractivity contribution in [1.29, 1.82) is 0 Å². The SMILES string of the molecule is C=Cc1ccc(CC)cc1C=C.CC.CC. The highest BCUT2D eigenvalue weighted by Gasteiger charge is 1.95. The Morgan fingerprint density at radius 1 is 0.938 bits per heavy atom. The van der Waals surface area contributed by atoms with E-state index in [9.17, 15) is 0 Å². The summed E-state index contributed by atoms with van der Waals surface area (Å²) in [6.45, 7) is 17.7. The van der Waals surface area contributed by atoms with E-state index in [2.05, 4.69) is 38.3 Å². The molecule has 16 heavy (non-hydrogen) atoms. The van der Waals surface area contributed by atoms with Crippen molar-refractivity contribution in [3.8, 4) is 0 Å². The van der Waals surface area contributed by atoms with Gasteiger partial charge in [-0.25, -0.2) is 0 Å². The van der Waals surface area contributed by atoms with Gasteiger partial charge in [-0.2, -0.15) is 0 Å². The predicted molar refractivity (Wildman–Crippen MR) is 78.7 cm³/mol. The number of aryl methyl sites for hydroxylation is 1. The smallest absolute Gasteiger partial charge is 0.0187 e. The minimum absolute atomic E-state index is 1.07. The van der Waals surface area contributed by atoms with E-state index in [1.807, 2.05) is 39.8 Å². The number of rotatable bonds is 3. The van der Waals surface area contributed by atoms with Gasteiger partial charge in [0.25, 0.3) is 0 Å². The lowest BCUT2D eigenvalue weighted by molar-refractivity contribution is 1.14. The summed E-state index contributed by atoms with van der Waals surface area (Å²) >= 11 is 0. The van der Waals surface area contributed by atoms with Crippen molar-refractivity contribution in [2.24, 2.45) is 0 Å². The van der Waals surface area contributed by atoms with Crippen molar-refractivity contribution < 1.29 is 0 Å². The van der Waals surface area contributed by atoms with Crippen molar-refractivity contribution in [1.82, 2.24) is 0 Å². The lowest BCUT2D eigenvalue weighted by Crippen LogP contribution is -1.84. The van der Waals surface area contributed by atoms with Gasteiger partial charge in [0.1, 0.15) is 0 Å². The van der Waals surface area contributed by atoms with Crippen LogP contribution in [0.2, 0.25) is 0 Å². The summed E-state index contributed by atoms with van der Waals surface area (Å²) in [6, 6.07) is 6.37. The Labute approximate surface area is 102 Å². The fraction of sp³-hybridized carbons (Fsp3) is 0.375. The van der Waals surface area contributed by atoms with E-state index in [0.717, 1.165) is 12.0 Å². The van der Waals surface area contributed by atoms with Gasteiger partial charge in [0, 0.05) is 0 Å². The maximum absolute atomic E-state index is 3.77. The Balaban J connectivity index is 0. The molecule has 0 aliphatic carbocycles. The second kappa shape index (κ2) is 11.8. The summed E-state index contributed by atoms with van der Waals surface area (Å²) in [5, 5.41) is 0. The molecule has 0 saturated heterocycles. The third kappa shape index (κ3) is 5.55. The fourth-order valence-corrected chi connectivity index (χ4v) is 1.21. The Morgan fingerprint density at radius 3 is 1.81 bits per heavy atom. The van der Waals surface area contributed by atoms with E-state index >= 15 is 0 Å². The molecule has 0 saturated carbocycles. The second-order valence-electron chi connectivity index (χ2n) is 2.73. The number of hydrogen-bond donors (Lipinski definition) is 0. The Bertz CT molecular complexity index is 295. The van der Waals surface area contributed by atoms with Gasteiger partial charge in [0.15, 0.2) is 0 Å². The highest BCUT2D eigenvalue weighted by molar-refractivity contribution is 5.64. The lowest BCUT2D eigenvalue weighted by atomic mass is 10.0. The summed E-state index contributed by atoms with van der Waals surface area (Å²) in [5.74, 6) is 0. The van der Waals surface area contributed by atoms with Crippen LogP contribution in [-0.4, -0.2) is 0 Å². The summed E-state index contributed by atoms with van der Waals surface area (Å²) in [7, 11) is 0. The van der Waals surface area contributed by atoms with Gasteiger partial charge < -0.3 is 0 Å². The maximum atomic E-state index is 3.77. The summed E-state index contributed by atoms with van der Waals surface area (Å²) in [4.78, 5) is 0. The minimum atomic E-state index is 1.07. The van der Waals surface area contributed by atoms with Crippen LogP contribution in [0.25, 0.3) is 12.2 Å². The Morgan fingerprint density at radius 2 is 1.44 bits per heavy atom. The molecule has 1 rings (SSSR count). The molecule has 0 aliphatic rings. The average molecular weight is 218 g/mol. The monoisotopic (exact) mass is 218 g/mol. The molecule has 0 heteroatoms. The van der Waals surface area contributed by atoms with E-state index in [1.54, 1.807) is 0 Å². The molecule has 0 radical (unpaired) electrons. The van der Waals surface area contributed by atoms with Crippen LogP contribution < -0.4 is 0 Å². The molecule has 1 aromatic rings. The summed E-state index contributed by atoms with van der Waals surface area (Å²) < 4.78 is 0. The van der Waals surface area contributed by atoms with Crippen LogP contribution in [0.15, 0.2) is 31.4 Å². The number of hydrogen-bond acceptors (Lipinski definition) is 0. The third-order valence-electron chi connectivity index (χ3n) is 2.00. The zero-order valence-electron chi connectivity index (χ0n) is 11.5. The van der Waals surface area contributed by atoms with Crippen molar-refractivity contribution in [3.63, 3.8) is 0 Å². The van der Waals surface area contributed by atoms with Crippen LogP contribution >= 0.6 is 0 Å². The quantitative estimate of drug-likeness (QED) is 0.620. The normalized spacial score (nSPS) is 7.81. The van der Waals surface area contributed by atoms with Crippen LogP contribution in [0.5, 0.6) is 0 Å². The van der Waals surface area contributed by atoms with Gasteiger partial charge >= 0.3 is 0 Å². The molecular weight excluding hydrogens is 192 g/mol. The van der Waals surface area contributed by atoms with Crippen LogP contribution in [0.1, 0.15) is 51.3 Å². The van der Waals surface area contributed by atoms with E-state index in [0.29, 0.717) is 0 Å². The van der Waals surface area contributed by atoms with Crippen LogP contribution in [0.3, 0.4) is 0 Å². The second-order valence-corrected chi connectivity index (χ2v) is 2.73. The highest BCUT2D eigenvalue weighted by Crippen LogP contribution is 2.14. The van der Waals surface area contributed by atoms with Crippen molar-refractivity contribution in [3.05, 3.63) is 48.0 Å². The molecule has 0 spiro atoms. The zero-order valence-corrected chi connectivity index (χ0v) is 11.5. The molecule has 0 bridgehead atoms. The molecule has 0 aliphatic heterocycles. The van der Waals surface area contributed by atoms with Gasteiger partial charge in [-0.3, -0.25) is 0 Å². The van der Waals surface area contributed by atoms with Gasteiger partial charge in [0.05, 0.1) is 0 Å². The Kier molecular flexibility index (Phi) is 12.6. The molecule has 0 heterocycles. The van der Waals surface area contributed by atoms with Crippen molar-refractivity contribution in [2.75, 3.05) is 0 Å². The predicted octanol–water partition coefficient (Wildman–Crippen LogP) is 5.59. The Hall–Kier alpha value is -1.30. The van der Waals surface area contributed by atoms with Crippen molar-refractivity contribution in [2.45, 2.75) is 41.0 Å². The van der Waals surface area contributed by atoms with E-state index < -0.39 is 0 Å². The topological polar surface area (TPSA) is 0 Å². The molecule has 0 unspecified atom stereocenters. The standard InChI is InChI=1S/C12H14.2C2H6/c1-4-10-7-8-11(5-2)12(6-3)9-10;2*1-2/h5-9H,2-4H2,1H3;2*1-2H3. The third-order valence-corrected chi connectivity index (χ3v) is 2.00. The van der Waals surface area contributed by atoms with E-state index in [4.69, 9.17) is 0 Å². The zero-order chi connectivity index (χ0) is 13.0. The fourth-order valence-electron chi connectivity index (χ4n) is 1.21. The molecule has 0 aromatic heterocycles. The molecular formula is C16H26. The van der Waals surface area contributed by atoms with Gasteiger partial charge in [-0.15, -0.1) is 0 Å². The molecule has 0 atom stereocenters. The lowest BCUT2D eigenvalue weighted by Gasteiger charge is -2.02. The molecule has 0 nitrogen and oxygen atoms in total. The van der Waals surface area contributed by atoms with E-state index in [-0.39, 0.29) is 0 Å². The van der Waals surface area contributed by atoms with Crippen LogP contribution in [0, 0.1) is 0 Å². The molecule has 0 fully saturated rings. The van der Waals surface area contributed by atoms with Crippen LogP contribution in [0.4, 0.5) is 0 Å². The van der Waals surface area contributed by atoms with Gasteiger partial charge in [0.2, 0.25) is 0 Å². The highest BCUT2D eigenvalue weighted by atomic mass is 14.0. The first-order valence-electron chi connectivity index (χ1n) is 6.19. The summed E-state index contributed by atoms with van der Waals surface area (Å²) in [5.41, 5.74) is 3.67. The first-order chi connectivity index (χ1) is 7.81. The number of benzene rings is 1. The molecule has 0 N–H and O–H groups in total. The largest absolute Gasteiger partial charge is 0.0984 e.